The molecule has 1 fully saturated rings. The molecule has 0 spiro atoms. The maximum absolute atomic E-state index is 12.0. The molecule has 1 aliphatic heterocycles. The second-order valence-corrected chi connectivity index (χ2v) is 5.63. The van der Waals surface area contributed by atoms with E-state index in [1.807, 2.05) is 18.2 Å². The van der Waals surface area contributed by atoms with E-state index in [9.17, 15) is 4.79 Å². The van der Waals surface area contributed by atoms with E-state index in [-0.39, 0.29) is 18.1 Å². The molecule has 5 nitrogen and oxygen atoms in total. The fourth-order valence-electron chi connectivity index (χ4n) is 3.24. The minimum absolute atomic E-state index is 0.0747. The highest BCUT2D eigenvalue weighted by Crippen LogP contribution is 2.42. The Labute approximate surface area is 124 Å². The average Bonchev–Trinajstić information content (AvgIpc) is 2.96. The van der Waals surface area contributed by atoms with Gasteiger partial charge in [-0.1, -0.05) is 18.9 Å². The number of fused-ring (bicyclic) bond motifs is 1. The zero-order valence-corrected chi connectivity index (χ0v) is 12.3. The van der Waals surface area contributed by atoms with Gasteiger partial charge in [-0.25, -0.2) is 0 Å². The third-order valence-corrected chi connectivity index (χ3v) is 4.21. The van der Waals surface area contributed by atoms with Crippen molar-refractivity contribution in [3.05, 3.63) is 23.8 Å². The Morgan fingerprint density at radius 2 is 1.95 bits per heavy atom. The van der Waals surface area contributed by atoms with Crippen molar-refractivity contribution in [3.63, 3.8) is 0 Å². The van der Waals surface area contributed by atoms with E-state index >= 15 is 0 Å². The van der Waals surface area contributed by atoms with Crippen LogP contribution in [0.15, 0.2) is 18.2 Å². The van der Waals surface area contributed by atoms with Gasteiger partial charge in [0.1, 0.15) is 19.8 Å². The number of carbonyl (C=O) groups excluding carboxylic acids is 1. The fraction of sp³-hybridized carbons (Fsp3) is 0.562. The van der Waals surface area contributed by atoms with Crippen LogP contribution in [0.2, 0.25) is 0 Å². The summed E-state index contributed by atoms with van der Waals surface area (Å²) in [5.74, 6) is 1.47. The van der Waals surface area contributed by atoms with Gasteiger partial charge < -0.3 is 19.5 Å². The molecule has 1 saturated carbocycles. The van der Waals surface area contributed by atoms with E-state index in [0.717, 1.165) is 42.7 Å². The summed E-state index contributed by atoms with van der Waals surface area (Å²) < 4.78 is 16.1. The Morgan fingerprint density at radius 1 is 1.24 bits per heavy atom. The number of carbonyl (C=O) groups is 1. The fourth-order valence-corrected chi connectivity index (χ4v) is 3.24. The largest absolute Gasteiger partial charge is 0.486 e. The number of amides is 1. The molecule has 1 heterocycles. The number of benzene rings is 1. The lowest BCUT2D eigenvalue weighted by atomic mass is 9.87. The molecular weight excluding hydrogens is 270 g/mol. The second-order valence-electron chi connectivity index (χ2n) is 5.63. The number of hydrogen-bond donors (Lipinski definition) is 1. The Bertz CT molecular complexity index is 523. The van der Waals surface area contributed by atoms with Crippen LogP contribution >= 0.6 is 0 Å². The van der Waals surface area contributed by atoms with Gasteiger partial charge in [-0.05, 0) is 30.5 Å². The summed E-state index contributed by atoms with van der Waals surface area (Å²) in [5, 5.41) is 3.16. The van der Waals surface area contributed by atoms with Crippen LogP contribution in [0, 0.1) is 0 Å². The number of hydrogen-bond acceptors (Lipinski definition) is 4. The highest BCUT2D eigenvalue weighted by molar-refractivity contribution is 5.78. The van der Waals surface area contributed by atoms with Crippen molar-refractivity contribution in [2.24, 2.45) is 0 Å². The monoisotopic (exact) mass is 291 g/mol. The summed E-state index contributed by atoms with van der Waals surface area (Å²) in [5.41, 5.74) is 0.791. The maximum atomic E-state index is 12.0. The number of methoxy groups -OCH3 is 1. The molecule has 1 aliphatic carbocycles. The van der Waals surface area contributed by atoms with E-state index in [4.69, 9.17) is 14.2 Å². The lowest BCUT2D eigenvalue weighted by Crippen LogP contribution is -2.45. The first-order chi connectivity index (χ1) is 10.2. The quantitative estimate of drug-likeness (QED) is 0.921. The van der Waals surface area contributed by atoms with Crippen molar-refractivity contribution < 1.29 is 19.0 Å². The van der Waals surface area contributed by atoms with E-state index in [0.29, 0.717) is 13.2 Å². The Hall–Kier alpha value is -1.75. The van der Waals surface area contributed by atoms with Gasteiger partial charge in [0, 0.05) is 7.11 Å². The normalized spacial score (nSPS) is 19.3. The Kier molecular flexibility index (Phi) is 4.01. The van der Waals surface area contributed by atoms with Crippen molar-refractivity contribution in [3.8, 4) is 11.5 Å². The van der Waals surface area contributed by atoms with Gasteiger partial charge in [-0.2, -0.15) is 0 Å². The SMILES string of the molecule is COCC(=O)NC1(c2ccc3c(c2)OCCO3)CCCC1. The molecule has 2 aliphatic rings. The van der Waals surface area contributed by atoms with Crippen LogP contribution < -0.4 is 14.8 Å². The van der Waals surface area contributed by atoms with Gasteiger partial charge in [0.25, 0.3) is 0 Å². The van der Waals surface area contributed by atoms with Crippen LogP contribution in [0.5, 0.6) is 11.5 Å². The topological polar surface area (TPSA) is 56.8 Å². The van der Waals surface area contributed by atoms with Gasteiger partial charge >= 0.3 is 0 Å². The van der Waals surface area contributed by atoms with E-state index in [2.05, 4.69) is 5.32 Å². The van der Waals surface area contributed by atoms with Gasteiger partial charge in [0.15, 0.2) is 11.5 Å². The van der Waals surface area contributed by atoms with Crippen LogP contribution in [-0.4, -0.2) is 32.8 Å². The van der Waals surface area contributed by atoms with Crippen molar-refractivity contribution in [2.45, 2.75) is 31.2 Å². The summed E-state index contributed by atoms with van der Waals surface area (Å²) in [6.07, 6.45) is 4.12. The second kappa shape index (κ2) is 5.93. The molecule has 0 atom stereocenters. The Balaban J connectivity index is 1.88. The molecule has 114 valence electrons. The summed E-state index contributed by atoms with van der Waals surface area (Å²) in [4.78, 5) is 12.0. The number of rotatable bonds is 4. The molecule has 3 rings (SSSR count). The van der Waals surface area contributed by atoms with Crippen LogP contribution in [0.25, 0.3) is 0 Å². The predicted molar refractivity (Wildman–Crippen MR) is 77.6 cm³/mol. The summed E-state index contributed by atoms with van der Waals surface area (Å²) >= 11 is 0. The van der Waals surface area contributed by atoms with Crippen LogP contribution in [-0.2, 0) is 15.1 Å². The molecule has 1 aromatic rings. The molecule has 1 N–H and O–H groups in total. The van der Waals surface area contributed by atoms with Crippen molar-refractivity contribution in [1.29, 1.82) is 0 Å². The first-order valence-corrected chi connectivity index (χ1v) is 7.44. The molecule has 0 bridgehead atoms. The summed E-state index contributed by atoms with van der Waals surface area (Å²) in [6, 6.07) is 5.98. The van der Waals surface area contributed by atoms with Gasteiger partial charge in [-0.15, -0.1) is 0 Å². The molecular formula is C16H21NO4. The van der Waals surface area contributed by atoms with Crippen molar-refractivity contribution in [2.75, 3.05) is 26.9 Å². The number of ether oxygens (including phenoxy) is 3. The third kappa shape index (κ3) is 2.83. The molecule has 1 aromatic carbocycles. The highest BCUT2D eigenvalue weighted by atomic mass is 16.6. The molecule has 21 heavy (non-hydrogen) atoms. The standard InChI is InChI=1S/C16H21NO4/c1-19-11-15(18)17-16(6-2-3-7-16)12-4-5-13-14(10-12)21-9-8-20-13/h4-5,10H,2-3,6-9,11H2,1H3,(H,17,18). The lowest BCUT2D eigenvalue weighted by Gasteiger charge is -2.32. The predicted octanol–water partition coefficient (Wildman–Crippen LogP) is 1.99. The smallest absolute Gasteiger partial charge is 0.246 e. The van der Waals surface area contributed by atoms with Gasteiger partial charge in [0.05, 0.1) is 5.54 Å². The van der Waals surface area contributed by atoms with Crippen LogP contribution in [0.4, 0.5) is 0 Å². The maximum Gasteiger partial charge on any atom is 0.246 e. The zero-order chi connectivity index (χ0) is 14.7. The first-order valence-electron chi connectivity index (χ1n) is 7.44. The average molecular weight is 291 g/mol. The first kappa shape index (κ1) is 14.2. The third-order valence-electron chi connectivity index (χ3n) is 4.21. The van der Waals surface area contributed by atoms with Crippen molar-refractivity contribution >= 4 is 5.91 Å². The van der Waals surface area contributed by atoms with E-state index in [1.165, 1.54) is 7.11 Å². The van der Waals surface area contributed by atoms with Crippen molar-refractivity contribution in [1.82, 2.24) is 5.32 Å². The summed E-state index contributed by atoms with van der Waals surface area (Å²) in [7, 11) is 1.53. The van der Waals surface area contributed by atoms with Gasteiger partial charge in [-0.3, -0.25) is 4.79 Å². The Morgan fingerprint density at radius 3 is 2.67 bits per heavy atom. The molecule has 1 amide bonds. The minimum atomic E-state index is -0.300. The molecule has 0 saturated heterocycles. The highest BCUT2D eigenvalue weighted by Gasteiger charge is 2.37. The van der Waals surface area contributed by atoms with E-state index < -0.39 is 0 Å². The van der Waals surface area contributed by atoms with Crippen LogP contribution in [0.1, 0.15) is 31.2 Å². The minimum Gasteiger partial charge on any atom is -0.486 e. The van der Waals surface area contributed by atoms with E-state index in [1.54, 1.807) is 0 Å². The zero-order valence-electron chi connectivity index (χ0n) is 12.3. The molecule has 0 unspecified atom stereocenters. The number of nitrogens with one attached hydrogen (secondary N) is 1. The molecule has 5 heteroatoms. The summed E-state index contributed by atoms with van der Waals surface area (Å²) in [6.45, 7) is 1.24. The van der Waals surface area contributed by atoms with Gasteiger partial charge in [0.2, 0.25) is 5.91 Å². The molecule has 0 radical (unpaired) electrons. The molecule has 0 aromatic heterocycles. The van der Waals surface area contributed by atoms with Crippen LogP contribution in [0.3, 0.4) is 0 Å². The lowest BCUT2D eigenvalue weighted by molar-refractivity contribution is -0.126.